The largest absolute Gasteiger partial charge is 0.394 e. The number of aliphatic hydroxyl groups excluding tert-OH is 2. The Morgan fingerprint density at radius 1 is 1.53 bits per heavy atom. The summed E-state index contributed by atoms with van der Waals surface area (Å²) in [6, 6.07) is -0.510. The summed E-state index contributed by atoms with van der Waals surface area (Å²) in [5, 5.41) is 20.8. The van der Waals surface area contributed by atoms with E-state index in [1.165, 1.54) is 4.90 Å². The van der Waals surface area contributed by atoms with Crippen molar-refractivity contribution in [2.24, 2.45) is 5.92 Å². The van der Waals surface area contributed by atoms with Gasteiger partial charge in [-0.3, -0.25) is 15.0 Å². The van der Waals surface area contributed by atoms with Gasteiger partial charge in [0.05, 0.1) is 18.6 Å². The highest BCUT2D eigenvalue weighted by atomic mass is 16.5. The first kappa shape index (κ1) is 12.3. The molecular formula is C10H16N2O5. The van der Waals surface area contributed by atoms with E-state index in [1.54, 1.807) is 6.92 Å². The van der Waals surface area contributed by atoms with Gasteiger partial charge in [0.1, 0.15) is 12.3 Å². The van der Waals surface area contributed by atoms with Gasteiger partial charge < -0.3 is 14.9 Å². The Hall–Kier alpha value is -1.18. The van der Waals surface area contributed by atoms with Gasteiger partial charge in [0.15, 0.2) is 0 Å². The second-order valence-electron chi connectivity index (χ2n) is 4.46. The quantitative estimate of drug-likeness (QED) is 0.557. The minimum absolute atomic E-state index is 0.250. The summed E-state index contributed by atoms with van der Waals surface area (Å²) in [7, 11) is 0. The molecule has 3 amide bonds. The monoisotopic (exact) mass is 244 g/mol. The molecule has 2 aliphatic heterocycles. The van der Waals surface area contributed by atoms with Gasteiger partial charge in [0.2, 0.25) is 5.91 Å². The van der Waals surface area contributed by atoms with Crippen molar-refractivity contribution >= 4 is 11.9 Å². The minimum Gasteiger partial charge on any atom is -0.394 e. The Kier molecular flexibility index (Phi) is 3.32. The fraction of sp³-hybridized carbons (Fsp3) is 0.800. The molecule has 0 radical (unpaired) electrons. The van der Waals surface area contributed by atoms with Gasteiger partial charge in [0.25, 0.3) is 0 Å². The molecule has 0 aromatic heterocycles. The Labute approximate surface area is 98.3 Å². The van der Waals surface area contributed by atoms with Crippen LogP contribution in [0.3, 0.4) is 0 Å². The van der Waals surface area contributed by atoms with Crippen LogP contribution in [0.25, 0.3) is 0 Å². The van der Waals surface area contributed by atoms with E-state index < -0.39 is 24.5 Å². The first-order valence-corrected chi connectivity index (χ1v) is 5.58. The van der Waals surface area contributed by atoms with E-state index in [1.807, 2.05) is 0 Å². The highest BCUT2D eigenvalue weighted by Gasteiger charge is 2.41. The van der Waals surface area contributed by atoms with E-state index in [2.05, 4.69) is 5.32 Å². The van der Waals surface area contributed by atoms with Gasteiger partial charge >= 0.3 is 6.03 Å². The van der Waals surface area contributed by atoms with Gasteiger partial charge in [0, 0.05) is 13.0 Å². The fourth-order valence-corrected chi connectivity index (χ4v) is 2.08. The van der Waals surface area contributed by atoms with Gasteiger partial charge in [-0.05, 0) is 0 Å². The molecule has 17 heavy (non-hydrogen) atoms. The summed E-state index contributed by atoms with van der Waals surface area (Å²) in [4.78, 5) is 24.2. The Bertz CT molecular complexity index is 335. The summed E-state index contributed by atoms with van der Waals surface area (Å²) >= 11 is 0. The molecule has 0 unspecified atom stereocenters. The third-order valence-corrected chi connectivity index (χ3v) is 3.14. The molecule has 7 heteroatoms. The van der Waals surface area contributed by atoms with Crippen molar-refractivity contribution in [3.05, 3.63) is 0 Å². The normalized spacial score (nSPS) is 38.4. The van der Waals surface area contributed by atoms with Crippen molar-refractivity contribution in [1.82, 2.24) is 10.2 Å². The molecular weight excluding hydrogens is 228 g/mol. The standard InChI is InChI=1S/C10H16N2O5/c1-5-3-12(10(16)11-9(5)15)8-2-6(14)7(4-13)17-8/h5-8,13-14H,2-4H2,1H3,(H,11,15,16)/t5-,6-,7+,8+/m0/s1. The number of imide groups is 1. The van der Waals surface area contributed by atoms with E-state index in [0.717, 1.165) is 0 Å². The summed E-state index contributed by atoms with van der Waals surface area (Å²) in [6.07, 6.45) is -1.79. The summed E-state index contributed by atoms with van der Waals surface area (Å²) in [5.74, 6) is -0.606. The van der Waals surface area contributed by atoms with Crippen LogP contribution in [0.1, 0.15) is 13.3 Å². The van der Waals surface area contributed by atoms with Crippen molar-refractivity contribution in [3.8, 4) is 0 Å². The number of hydrogen-bond acceptors (Lipinski definition) is 5. The van der Waals surface area contributed by atoms with Crippen LogP contribution in [0.15, 0.2) is 0 Å². The van der Waals surface area contributed by atoms with E-state index >= 15 is 0 Å². The molecule has 0 bridgehead atoms. The number of nitrogens with one attached hydrogen (secondary N) is 1. The predicted molar refractivity (Wildman–Crippen MR) is 55.8 cm³/mol. The van der Waals surface area contributed by atoms with Gasteiger partial charge in [-0.1, -0.05) is 6.92 Å². The number of nitrogens with zero attached hydrogens (tertiary/aromatic N) is 1. The topological polar surface area (TPSA) is 99.1 Å². The number of amides is 3. The lowest BCUT2D eigenvalue weighted by molar-refractivity contribution is -0.128. The molecule has 2 fully saturated rings. The summed E-state index contributed by atoms with van der Waals surface area (Å²) in [5.41, 5.74) is 0. The van der Waals surface area contributed by atoms with Crippen molar-refractivity contribution in [2.45, 2.75) is 31.8 Å². The zero-order valence-electron chi connectivity index (χ0n) is 9.50. The maximum atomic E-state index is 11.6. The molecule has 0 aromatic rings. The molecule has 3 N–H and O–H groups in total. The van der Waals surface area contributed by atoms with Gasteiger partial charge in [-0.15, -0.1) is 0 Å². The van der Waals surface area contributed by atoms with E-state index in [4.69, 9.17) is 9.84 Å². The molecule has 96 valence electrons. The molecule has 7 nitrogen and oxygen atoms in total. The molecule has 2 saturated heterocycles. The highest BCUT2D eigenvalue weighted by Crippen LogP contribution is 2.25. The number of hydrogen-bond donors (Lipinski definition) is 3. The van der Waals surface area contributed by atoms with Gasteiger partial charge in [-0.25, -0.2) is 4.79 Å². The molecule has 4 atom stereocenters. The number of aliphatic hydroxyl groups is 2. The summed E-state index contributed by atoms with van der Waals surface area (Å²) < 4.78 is 5.37. The number of ether oxygens (including phenoxy) is 1. The highest BCUT2D eigenvalue weighted by molar-refractivity contribution is 5.97. The number of urea groups is 1. The molecule has 2 aliphatic rings. The average Bonchev–Trinajstić information content (AvgIpc) is 2.65. The maximum Gasteiger partial charge on any atom is 0.326 e. The van der Waals surface area contributed by atoms with Crippen molar-refractivity contribution < 1.29 is 24.5 Å². The lowest BCUT2D eigenvalue weighted by Gasteiger charge is -2.34. The van der Waals surface area contributed by atoms with Crippen LogP contribution in [-0.4, -0.2) is 58.6 Å². The lowest BCUT2D eigenvalue weighted by atomic mass is 10.1. The molecule has 0 saturated carbocycles. The van der Waals surface area contributed by atoms with Crippen LogP contribution < -0.4 is 5.32 Å². The van der Waals surface area contributed by atoms with Gasteiger partial charge in [-0.2, -0.15) is 0 Å². The first-order valence-electron chi connectivity index (χ1n) is 5.58. The van der Waals surface area contributed by atoms with Crippen LogP contribution in [0.2, 0.25) is 0 Å². The van der Waals surface area contributed by atoms with Crippen LogP contribution in [-0.2, 0) is 9.53 Å². The Morgan fingerprint density at radius 3 is 2.82 bits per heavy atom. The Morgan fingerprint density at radius 2 is 2.24 bits per heavy atom. The van der Waals surface area contributed by atoms with E-state index in [0.29, 0.717) is 0 Å². The third kappa shape index (κ3) is 2.26. The zero-order chi connectivity index (χ0) is 12.6. The second kappa shape index (κ2) is 4.59. The zero-order valence-corrected chi connectivity index (χ0v) is 9.50. The van der Waals surface area contributed by atoms with Crippen LogP contribution in [0.4, 0.5) is 4.79 Å². The SMILES string of the molecule is C[C@H]1CN([C@H]2C[C@H](O)[C@@H](CO)O2)C(=O)NC1=O. The average molecular weight is 244 g/mol. The second-order valence-corrected chi connectivity index (χ2v) is 4.46. The van der Waals surface area contributed by atoms with Crippen LogP contribution in [0, 0.1) is 5.92 Å². The number of carbonyl (C=O) groups is 2. The van der Waals surface area contributed by atoms with E-state index in [9.17, 15) is 14.7 Å². The molecule has 0 aliphatic carbocycles. The van der Waals surface area contributed by atoms with Crippen LogP contribution in [0.5, 0.6) is 0 Å². The van der Waals surface area contributed by atoms with Crippen LogP contribution >= 0.6 is 0 Å². The first-order chi connectivity index (χ1) is 8.02. The Balaban J connectivity index is 2.03. The molecule has 0 spiro atoms. The number of rotatable bonds is 2. The van der Waals surface area contributed by atoms with Crippen molar-refractivity contribution in [1.29, 1.82) is 0 Å². The molecule has 2 rings (SSSR count). The smallest absolute Gasteiger partial charge is 0.326 e. The maximum absolute atomic E-state index is 11.6. The third-order valence-electron chi connectivity index (χ3n) is 3.14. The number of carbonyl (C=O) groups excluding carboxylic acids is 2. The van der Waals surface area contributed by atoms with E-state index in [-0.39, 0.29) is 31.4 Å². The van der Waals surface area contributed by atoms with Crippen molar-refractivity contribution in [3.63, 3.8) is 0 Å². The minimum atomic E-state index is -0.786. The fourth-order valence-electron chi connectivity index (χ4n) is 2.08. The molecule has 2 heterocycles. The predicted octanol–water partition coefficient (Wildman–Crippen LogP) is -1.36. The molecule has 0 aromatic carbocycles. The van der Waals surface area contributed by atoms with Crippen molar-refractivity contribution in [2.75, 3.05) is 13.2 Å². The lowest BCUT2D eigenvalue weighted by Crippen LogP contribution is -2.57. The summed E-state index contributed by atoms with van der Waals surface area (Å²) in [6.45, 7) is 1.69.